The number of benzene rings is 1. The summed E-state index contributed by atoms with van der Waals surface area (Å²) < 4.78 is 10.7. The Labute approximate surface area is 106 Å². The molecule has 0 aromatic heterocycles. The Morgan fingerprint density at radius 1 is 1.44 bits per heavy atom. The number of methoxy groups -OCH3 is 1. The molecule has 1 atom stereocenters. The van der Waals surface area contributed by atoms with Gasteiger partial charge in [0.2, 0.25) is 0 Å². The maximum atomic E-state index is 12.3. The van der Waals surface area contributed by atoms with Crippen LogP contribution in [-0.4, -0.2) is 38.8 Å². The molecule has 1 aliphatic heterocycles. The number of hydrogen-bond acceptors (Lipinski definition) is 4. The standard InChI is InChI=1S/C13H18N2O3/c1-17-9-8-15-10-4-2-3-5-11(10)18-12(6-7-14)13(15)16/h2-5,12H,6-9,14H2,1H3. The van der Waals surface area contributed by atoms with Gasteiger partial charge in [-0.05, 0) is 18.7 Å². The lowest BCUT2D eigenvalue weighted by molar-refractivity contribution is -0.126. The molecule has 2 N–H and O–H groups in total. The minimum absolute atomic E-state index is 0.0452. The van der Waals surface area contributed by atoms with E-state index in [1.54, 1.807) is 12.0 Å². The maximum Gasteiger partial charge on any atom is 0.268 e. The second-order valence-electron chi connectivity index (χ2n) is 4.13. The third-order valence-electron chi connectivity index (χ3n) is 2.91. The summed E-state index contributed by atoms with van der Waals surface area (Å²) in [5, 5.41) is 0. The van der Waals surface area contributed by atoms with Crippen molar-refractivity contribution < 1.29 is 14.3 Å². The van der Waals surface area contributed by atoms with Crippen LogP contribution in [0.5, 0.6) is 5.75 Å². The highest BCUT2D eigenvalue weighted by Gasteiger charge is 2.33. The third-order valence-corrected chi connectivity index (χ3v) is 2.91. The first-order chi connectivity index (χ1) is 8.77. The second-order valence-corrected chi connectivity index (χ2v) is 4.13. The Kier molecular flexibility index (Phi) is 4.17. The van der Waals surface area contributed by atoms with Crippen LogP contribution in [-0.2, 0) is 9.53 Å². The molecular formula is C13H18N2O3. The summed E-state index contributed by atoms with van der Waals surface area (Å²) in [6.07, 6.45) is 0.0400. The van der Waals surface area contributed by atoms with Crippen molar-refractivity contribution in [2.24, 2.45) is 5.73 Å². The molecule has 5 heteroatoms. The highest BCUT2D eigenvalue weighted by Crippen LogP contribution is 2.34. The fraction of sp³-hybridized carbons (Fsp3) is 0.462. The van der Waals surface area contributed by atoms with Crippen LogP contribution < -0.4 is 15.4 Å². The number of nitrogens with zero attached hydrogens (tertiary/aromatic N) is 1. The molecule has 0 spiro atoms. The molecule has 0 radical (unpaired) electrons. The molecule has 1 aromatic rings. The number of para-hydroxylation sites is 2. The molecule has 1 unspecified atom stereocenters. The maximum absolute atomic E-state index is 12.3. The average molecular weight is 250 g/mol. The molecule has 98 valence electrons. The summed E-state index contributed by atoms with van der Waals surface area (Å²) in [6, 6.07) is 7.52. The van der Waals surface area contributed by atoms with Crippen LogP contribution in [0, 0.1) is 0 Å². The fourth-order valence-corrected chi connectivity index (χ4v) is 2.02. The lowest BCUT2D eigenvalue weighted by Crippen LogP contribution is -2.47. The van der Waals surface area contributed by atoms with E-state index in [0.717, 1.165) is 11.4 Å². The van der Waals surface area contributed by atoms with E-state index in [1.165, 1.54) is 0 Å². The Morgan fingerprint density at radius 2 is 2.22 bits per heavy atom. The molecule has 2 rings (SSSR count). The first-order valence-corrected chi connectivity index (χ1v) is 6.04. The van der Waals surface area contributed by atoms with Crippen molar-refractivity contribution in [3.63, 3.8) is 0 Å². The smallest absolute Gasteiger partial charge is 0.268 e. The van der Waals surface area contributed by atoms with E-state index in [0.29, 0.717) is 26.1 Å². The number of hydrogen-bond donors (Lipinski definition) is 1. The number of amides is 1. The molecule has 0 saturated heterocycles. The van der Waals surface area contributed by atoms with Gasteiger partial charge in [0, 0.05) is 20.1 Å². The van der Waals surface area contributed by atoms with Crippen molar-refractivity contribution in [3.8, 4) is 5.75 Å². The number of nitrogens with two attached hydrogens (primary N) is 1. The van der Waals surface area contributed by atoms with E-state index in [1.807, 2.05) is 24.3 Å². The molecule has 0 fully saturated rings. The lowest BCUT2D eigenvalue weighted by atomic mass is 10.1. The normalized spacial score (nSPS) is 18.4. The minimum atomic E-state index is -0.484. The van der Waals surface area contributed by atoms with Crippen molar-refractivity contribution in [2.45, 2.75) is 12.5 Å². The number of anilines is 1. The Hall–Kier alpha value is -1.59. The van der Waals surface area contributed by atoms with Gasteiger partial charge in [0.15, 0.2) is 6.10 Å². The SMILES string of the molecule is COCCN1C(=O)C(CCN)Oc2ccccc21. The molecule has 1 heterocycles. The largest absolute Gasteiger partial charge is 0.478 e. The molecule has 5 nitrogen and oxygen atoms in total. The predicted molar refractivity (Wildman–Crippen MR) is 68.8 cm³/mol. The van der Waals surface area contributed by atoms with E-state index in [2.05, 4.69) is 0 Å². The van der Waals surface area contributed by atoms with Crippen LogP contribution in [0.3, 0.4) is 0 Å². The molecular weight excluding hydrogens is 232 g/mol. The van der Waals surface area contributed by atoms with Crippen molar-refractivity contribution in [1.29, 1.82) is 0 Å². The number of fused-ring (bicyclic) bond motifs is 1. The number of carbonyl (C=O) groups excluding carboxylic acids is 1. The van der Waals surface area contributed by atoms with E-state index in [-0.39, 0.29) is 5.91 Å². The summed E-state index contributed by atoms with van der Waals surface area (Å²) in [5.41, 5.74) is 6.31. The van der Waals surface area contributed by atoms with Crippen LogP contribution in [0.4, 0.5) is 5.69 Å². The molecule has 1 aliphatic rings. The van der Waals surface area contributed by atoms with Crippen LogP contribution in [0.2, 0.25) is 0 Å². The van der Waals surface area contributed by atoms with Crippen molar-refractivity contribution in [3.05, 3.63) is 24.3 Å². The molecule has 0 saturated carbocycles. The zero-order chi connectivity index (χ0) is 13.0. The summed E-state index contributed by atoms with van der Waals surface area (Å²) in [7, 11) is 1.62. The van der Waals surface area contributed by atoms with E-state index >= 15 is 0 Å². The Balaban J connectivity index is 2.27. The van der Waals surface area contributed by atoms with Gasteiger partial charge in [-0.1, -0.05) is 12.1 Å². The van der Waals surface area contributed by atoms with Crippen LogP contribution in [0.1, 0.15) is 6.42 Å². The minimum Gasteiger partial charge on any atom is -0.478 e. The van der Waals surface area contributed by atoms with Gasteiger partial charge in [0.1, 0.15) is 5.75 Å². The van der Waals surface area contributed by atoms with Gasteiger partial charge in [0.25, 0.3) is 5.91 Å². The highest BCUT2D eigenvalue weighted by molar-refractivity contribution is 6.00. The summed E-state index contributed by atoms with van der Waals surface area (Å²) in [4.78, 5) is 14.0. The molecule has 1 amide bonds. The molecule has 0 bridgehead atoms. The van der Waals surface area contributed by atoms with Gasteiger partial charge in [0.05, 0.1) is 12.3 Å². The van der Waals surface area contributed by atoms with Crippen LogP contribution in [0.25, 0.3) is 0 Å². The quantitative estimate of drug-likeness (QED) is 0.838. The summed E-state index contributed by atoms with van der Waals surface area (Å²) >= 11 is 0. The van der Waals surface area contributed by atoms with Crippen molar-refractivity contribution in [2.75, 3.05) is 31.7 Å². The van der Waals surface area contributed by atoms with E-state index < -0.39 is 6.10 Å². The number of rotatable bonds is 5. The second kappa shape index (κ2) is 5.84. The first kappa shape index (κ1) is 12.9. The van der Waals surface area contributed by atoms with Gasteiger partial charge in [-0.2, -0.15) is 0 Å². The Bertz CT molecular complexity index is 422. The average Bonchev–Trinajstić information content (AvgIpc) is 2.39. The fourth-order valence-electron chi connectivity index (χ4n) is 2.02. The van der Waals surface area contributed by atoms with Crippen LogP contribution >= 0.6 is 0 Å². The van der Waals surface area contributed by atoms with Gasteiger partial charge in [-0.25, -0.2) is 0 Å². The monoisotopic (exact) mass is 250 g/mol. The van der Waals surface area contributed by atoms with Crippen molar-refractivity contribution in [1.82, 2.24) is 0 Å². The molecule has 0 aliphatic carbocycles. The number of ether oxygens (including phenoxy) is 2. The predicted octanol–water partition coefficient (Wildman–Crippen LogP) is 0.776. The number of carbonyl (C=O) groups is 1. The van der Waals surface area contributed by atoms with E-state index in [4.69, 9.17) is 15.2 Å². The summed E-state index contributed by atoms with van der Waals surface area (Å²) in [5.74, 6) is 0.683. The first-order valence-electron chi connectivity index (χ1n) is 6.04. The highest BCUT2D eigenvalue weighted by atomic mass is 16.5. The van der Waals surface area contributed by atoms with E-state index in [9.17, 15) is 4.79 Å². The van der Waals surface area contributed by atoms with Crippen molar-refractivity contribution >= 4 is 11.6 Å². The van der Waals surface area contributed by atoms with Gasteiger partial charge in [-0.15, -0.1) is 0 Å². The zero-order valence-corrected chi connectivity index (χ0v) is 10.5. The van der Waals surface area contributed by atoms with Crippen LogP contribution in [0.15, 0.2) is 24.3 Å². The summed E-state index contributed by atoms with van der Waals surface area (Å²) in [6.45, 7) is 1.45. The van der Waals surface area contributed by atoms with Gasteiger partial charge < -0.3 is 20.1 Å². The molecule has 18 heavy (non-hydrogen) atoms. The van der Waals surface area contributed by atoms with Gasteiger partial charge in [-0.3, -0.25) is 4.79 Å². The lowest BCUT2D eigenvalue weighted by Gasteiger charge is -2.34. The third kappa shape index (κ3) is 2.47. The topological polar surface area (TPSA) is 64.8 Å². The Morgan fingerprint density at radius 3 is 2.94 bits per heavy atom. The molecule has 1 aromatic carbocycles. The zero-order valence-electron chi connectivity index (χ0n) is 10.5. The van der Waals surface area contributed by atoms with Gasteiger partial charge >= 0.3 is 0 Å².